The molecule has 1 N–H and O–H groups in total. The quantitative estimate of drug-likeness (QED) is 0.405. The topological polar surface area (TPSA) is 84.7 Å². The van der Waals surface area contributed by atoms with E-state index < -0.39 is 11.6 Å². The number of carbonyl (C=O) groups excluding carboxylic acids is 2. The van der Waals surface area contributed by atoms with E-state index in [9.17, 15) is 9.59 Å². The van der Waals surface area contributed by atoms with E-state index in [4.69, 9.17) is 9.26 Å². The van der Waals surface area contributed by atoms with Crippen molar-refractivity contribution in [1.29, 1.82) is 0 Å². The molecule has 1 aromatic heterocycles. The van der Waals surface area contributed by atoms with Crippen LogP contribution in [-0.2, 0) is 11.2 Å². The molecule has 0 radical (unpaired) electrons. The largest absolute Gasteiger partial charge is 0.476 e. The second kappa shape index (κ2) is 11.9. The summed E-state index contributed by atoms with van der Waals surface area (Å²) in [6.45, 7) is 11.9. The van der Waals surface area contributed by atoms with Crippen molar-refractivity contribution in [3.8, 4) is 5.88 Å². The molecule has 2 aromatic carbocycles. The molecule has 7 nitrogen and oxygen atoms in total. The van der Waals surface area contributed by atoms with Gasteiger partial charge in [0, 0.05) is 11.1 Å². The highest BCUT2D eigenvalue weighted by atomic mass is 16.5. The molecule has 0 aliphatic carbocycles. The molecule has 0 unspecified atom stereocenters. The van der Waals surface area contributed by atoms with E-state index in [2.05, 4.69) is 10.5 Å². The van der Waals surface area contributed by atoms with Crippen LogP contribution in [0.15, 0.2) is 65.2 Å². The third kappa shape index (κ3) is 6.74. The van der Waals surface area contributed by atoms with Crippen molar-refractivity contribution < 1.29 is 18.8 Å². The minimum Gasteiger partial charge on any atom is -0.476 e. The summed E-state index contributed by atoms with van der Waals surface area (Å²) < 4.78 is 11.0. The Kier molecular flexibility index (Phi) is 8.91. The van der Waals surface area contributed by atoms with Crippen molar-refractivity contribution >= 4 is 11.8 Å². The standard InChI is InChI=1S/C29H37N3O4/c1-7-35-27-24(21(3)36-31-27)18-19-25(26(33)30-29(4,5)6)32(20(2)22-14-10-8-11-15-22)28(34)23-16-12-9-13-17-23/h8-17,20,25H,7,18-19H2,1-6H3,(H,30,33)/t20-,25+/m0/s1. The second-order valence-corrected chi connectivity index (χ2v) is 9.91. The number of aryl methyl sites for hydroxylation is 1. The molecule has 192 valence electrons. The van der Waals surface area contributed by atoms with E-state index in [1.165, 1.54) is 0 Å². The van der Waals surface area contributed by atoms with E-state index in [1.807, 2.05) is 90.1 Å². The number of hydrogen-bond acceptors (Lipinski definition) is 5. The fraction of sp³-hybridized carbons (Fsp3) is 0.414. The van der Waals surface area contributed by atoms with E-state index in [-0.39, 0.29) is 17.9 Å². The van der Waals surface area contributed by atoms with Gasteiger partial charge in [-0.15, -0.1) is 0 Å². The molecule has 2 amide bonds. The molecule has 0 saturated carbocycles. The molecule has 36 heavy (non-hydrogen) atoms. The van der Waals surface area contributed by atoms with E-state index in [1.54, 1.807) is 17.0 Å². The molecule has 0 aliphatic rings. The van der Waals surface area contributed by atoms with Gasteiger partial charge in [0.15, 0.2) is 0 Å². The van der Waals surface area contributed by atoms with Crippen LogP contribution in [0.2, 0.25) is 0 Å². The lowest BCUT2D eigenvalue weighted by molar-refractivity contribution is -0.128. The fourth-order valence-electron chi connectivity index (χ4n) is 4.24. The van der Waals surface area contributed by atoms with Gasteiger partial charge < -0.3 is 19.5 Å². The van der Waals surface area contributed by atoms with Crippen LogP contribution in [0.1, 0.15) is 74.3 Å². The molecule has 0 saturated heterocycles. The average Bonchev–Trinajstić information content (AvgIpc) is 3.20. The summed E-state index contributed by atoms with van der Waals surface area (Å²) in [6, 6.07) is 17.8. The van der Waals surface area contributed by atoms with Crippen molar-refractivity contribution in [1.82, 2.24) is 15.4 Å². The van der Waals surface area contributed by atoms with Crippen LogP contribution in [0.3, 0.4) is 0 Å². The lowest BCUT2D eigenvalue weighted by Gasteiger charge is -2.37. The Labute approximate surface area is 213 Å². The maximum atomic E-state index is 14.0. The van der Waals surface area contributed by atoms with Crippen molar-refractivity contribution in [2.24, 2.45) is 0 Å². The zero-order chi connectivity index (χ0) is 26.3. The first-order valence-corrected chi connectivity index (χ1v) is 12.4. The molecule has 0 aliphatic heterocycles. The number of rotatable bonds is 10. The minimum atomic E-state index is -0.740. The van der Waals surface area contributed by atoms with Crippen LogP contribution in [0.4, 0.5) is 0 Å². The van der Waals surface area contributed by atoms with Crippen LogP contribution in [0.5, 0.6) is 5.88 Å². The number of ether oxygens (including phenoxy) is 1. The van der Waals surface area contributed by atoms with Gasteiger partial charge in [-0.25, -0.2) is 0 Å². The van der Waals surface area contributed by atoms with Gasteiger partial charge in [-0.1, -0.05) is 48.5 Å². The Morgan fingerprint density at radius 1 is 1.06 bits per heavy atom. The van der Waals surface area contributed by atoms with E-state index in [0.717, 1.165) is 11.1 Å². The first kappa shape index (κ1) is 27.0. The fourth-order valence-corrected chi connectivity index (χ4v) is 4.24. The molecular weight excluding hydrogens is 454 g/mol. The number of amides is 2. The summed E-state index contributed by atoms with van der Waals surface area (Å²) >= 11 is 0. The summed E-state index contributed by atoms with van der Waals surface area (Å²) in [5, 5.41) is 7.11. The first-order chi connectivity index (χ1) is 17.1. The molecule has 0 bridgehead atoms. The zero-order valence-corrected chi connectivity index (χ0v) is 22.1. The number of nitrogens with one attached hydrogen (secondary N) is 1. The van der Waals surface area contributed by atoms with Gasteiger partial charge in [-0.2, -0.15) is 0 Å². The number of aromatic nitrogens is 1. The molecular formula is C29H37N3O4. The highest BCUT2D eigenvalue weighted by Crippen LogP contribution is 2.29. The molecule has 0 spiro atoms. The summed E-state index contributed by atoms with van der Waals surface area (Å²) in [4.78, 5) is 29.4. The molecule has 3 rings (SSSR count). The van der Waals surface area contributed by atoms with Crippen molar-refractivity contribution in [3.05, 3.63) is 83.1 Å². The summed E-state index contributed by atoms with van der Waals surface area (Å²) in [7, 11) is 0. The number of nitrogens with zero attached hydrogens (tertiary/aromatic N) is 2. The lowest BCUT2D eigenvalue weighted by atomic mass is 9.97. The maximum absolute atomic E-state index is 14.0. The second-order valence-electron chi connectivity index (χ2n) is 9.91. The average molecular weight is 492 g/mol. The third-order valence-corrected chi connectivity index (χ3v) is 5.99. The lowest BCUT2D eigenvalue weighted by Crippen LogP contribution is -2.54. The SMILES string of the molecule is CCOc1noc(C)c1CC[C@H](C(=O)NC(C)(C)C)N(C(=O)c1ccccc1)[C@@H](C)c1ccccc1. The highest BCUT2D eigenvalue weighted by molar-refractivity contribution is 5.98. The molecule has 7 heteroatoms. The zero-order valence-electron chi connectivity index (χ0n) is 22.1. The van der Waals surface area contributed by atoms with Crippen LogP contribution in [0, 0.1) is 6.92 Å². The van der Waals surface area contributed by atoms with E-state index in [0.29, 0.717) is 36.7 Å². The van der Waals surface area contributed by atoms with Gasteiger partial charge in [-0.3, -0.25) is 9.59 Å². The summed E-state index contributed by atoms with van der Waals surface area (Å²) in [6.07, 6.45) is 0.840. The van der Waals surface area contributed by atoms with Gasteiger partial charge >= 0.3 is 0 Å². The van der Waals surface area contributed by atoms with Crippen LogP contribution < -0.4 is 10.1 Å². The molecule has 1 heterocycles. The van der Waals surface area contributed by atoms with Gasteiger partial charge in [0.2, 0.25) is 5.91 Å². The number of benzene rings is 2. The Balaban J connectivity index is 2.04. The predicted octanol–water partition coefficient (Wildman–Crippen LogP) is 5.50. The van der Waals surface area contributed by atoms with Gasteiger partial charge in [0.05, 0.1) is 18.2 Å². The van der Waals surface area contributed by atoms with E-state index >= 15 is 0 Å². The molecule has 2 atom stereocenters. The van der Waals surface area contributed by atoms with Crippen LogP contribution in [-0.4, -0.2) is 40.1 Å². The Bertz CT molecular complexity index is 1140. The van der Waals surface area contributed by atoms with Crippen LogP contribution >= 0.6 is 0 Å². The van der Waals surface area contributed by atoms with Gasteiger partial charge in [0.25, 0.3) is 11.8 Å². The number of hydrogen-bond donors (Lipinski definition) is 1. The van der Waals surface area contributed by atoms with Crippen molar-refractivity contribution in [3.63, 3.8) is 0 Å². The summed E-state index contributed by atoms with van der Waals surface area (Å²) in [5.41, 5.74) is 1.83. The van der Waals surface area contributed by atoms with Crippen molar-refractivity contribution in [2.75, 3.05) is 6.61 Å². The molecule has 0 fully saturated rings. The minimum absolute atomic E-state index is 0.201. The Hall–Kier alpha value is -3.61. The summed E-state index contributed by atoms with van der Waals surface area (Å²) in [5.74, 6) is 0.669. The monoisotopic (exact) mass is 491 g/mol. The van der Waals surface area contributed by atoms with Crippen LogP contribution in [0.25, 0.3) is 0 Å². The Morgan fingerprint density at radius 3 is 2.25 bits per heavy atom. The predicted molar refractivity (Wildman–Crippen MR) is 140 cm³/mol. The first-order valence-electron chi connectivity index (χ1n) is 12.4. The third-order valence-electron chi connectivity index (χ3n) is 5.99. The highest BCUT2D eigenvalue weighted by Gasteiger charge is 2.36. The molecule has 3 aromatic rings. The smallest absolute Gasteiger partial charge is 0.257 e. The number of carbonyl (C=O) groups is 2. The normalized spacial score (nSPS) is 13.1. The Morgan fingerprint density at radius 2 is 1.67 bits per heavy atom. The van der Waals surface area contributed by atoms with Crippen molar-refractivity contribution in [2.45, 2.75) is 72.0 Å². The van der Waals surface area contributed by atoms with Gasteiger partial charge in [0.1, 0.15) is 11.8 Å². The maximum Gasteiger partial charge on any atom is 0.257 e. The van der Waals surface area contributed by atoms with Gasteiger partial charge in [-0.05, 0) is 77.2 Å².